The summed E-state index contributed by atoms with van der Waals surface area (Å²) < 4.78 is 0. The van der Waals surface area contributed by atoms with Crippen LogP contribution >= 0.6 is 0 Å². The molecule has 0 atom stereocenters. The Bertz CT molecular complexity index is 834. The van der Waals surface area contributed by atoms with Crippen LogP contribution in [0, 0.1) is 0 Å². The smallest absolute Gasteiger partial charge is 0.250 e. The van der Waals surface area contributed by atoms with E-state index < -0.39 is 5.91 Å². The van der Waals surface area contributed by atoms with Gasteiger partial charge < -0.3 is 10.6 Å². The van der Waals surface area contributed by atoms with Crippen molar-refractivity contribution in [3.05, 3.63) is 70.5 Å². The van der Waals surface area contributed by atoms with Crippen molar-refractivity contribution < 1.29 is 4.79 Å². The van der Waals surface area contributed by atoms with Crippen LogP contribution in [0.3, 0.4) is 0 Å². The number of hydrazine groups is 1. The number of nitrogens with zero attached hydrogens (tertiary/aromatic N) is 3. The first kappa shape index (κ1) is 11.8. The van der Waals surface area contributed by atoms with E-state index in [1.165, 1.54) is 5.22 Å². The van der Waals surface area contributed by atoms with Gasteiger partial charge >= 0.3 is 0 Å². The van der Waals surface area contributed by atoms with E-state index in [1.54, 1.807) is 12.3 Å². The van der Waals surface area contributed by atoms with Gasteiger partial charge in [-0.15, -0.1) is 0 Å². The summed E-state index contributed by atoms with van der Waals surface area (Å²) in [5, 5.41) is 6.31. The van der Waals surface area contributed by atoms with E-state index in [9.17, 15) is 4.79 Å². The Labute approximate surface area is 121 Å². The Kier molecular flexibility index (Phi) is 2.41. The molecule has 1 aromatic rings. The predicted octanol–water partition coefficient (Wildman–Crippen LogP) is -0.251. The molecule has 2 N–H and O–H groups in total. The molecule has 0 saturated heterocycles. The van der Waals surface area contributed by atoms with Gasteiger partial charge in [0.25, 0.3) is 0 Å². The van der Waals surface area contributed by atoms with Crippen molar-refractivity contribution in [3.8, 4) is 0 Å². The monoisotopic (exact) mass is 278 g/mol. The van der Waals surface area contributed by atoms with Crippen molar-refractivity contribution in [3.63, 3.8) is 0 Å². The molecule has 5 heteroatoms. The normalized spacial score (nSPS) is 18.6. The average molecular weight is 278 g/mol. The molecule has 0 unspecified atom stereocenters. The number of fused-ring (bicyclic) bond motifs is 5. The molecule has 3 aliphatic rings. The molecule has 0 spiro atoms. The van der Waals surface area contributed by atoms with Crippen LogP contribution in [0.1, 0.15) is 0 Å². The number of rotatable bonds is 1. The van der Waals surface area contributed by atoms with Crippen molar-refractivity contribution in [2.45, 2.75) is 0 Å². The van der Waals surface area contributed by atoms with Gasteiger partial charge in [0.05, 0.1) is 11.3 Å². The summed E-state index contributed by atoms with van der Waals surface area (Å²) in [6.07, 6.45) is 11.7. The molecule has 0 radical (unpaired) electrons. The van der Waals surface area contributed by atoms with Gasteiger partial charge in [-0.05, 0) is 17.4 Å². The summed E-state index contributed by atoms with van der Waals surface area (Å²) in [5.41, 5.74) is 6.86. The van der Waals surface area contributed by atoms with Gasteiger partial charge in [0.15, 0.2) is 0 Å². The molecule has 4 rings (SSSR count). The number of carbonyl (C=O) groups is 1. The predicted molar refractivity (Wildman–Crippen MR) is 79.5 cm³/mol. The maximum Gasteiger partial charge on any atom is 0.250 e. The zero-order chi connectivity index (χ0) is 14.4. The molecule has 3 heterocycles. The third kappa shape index (κ3) is 1.90. The zero-order valence-electron chi connectivity index (χ0n) is 11.3. The lowest BCUT2D eigenvalue weighted by molar-refractivity contribution is -0.114. The van der Waals surface area contributed by atoms with Crippen LogP contribution in [0.15, 0.2) is 60.1 Å². The molecule has 0 fully saturated rings. The van der Waals surface area contributed by atoms with Crippen LogP contribution in [-0.2, 0) is 4.79 Å². The third-order valence-corrected chi connectivity index (χ3v) is 3.72. The minimum atomic E-state index is -0.422. The molecule has 1 amide bonds. The highest BCUT2D eigenvalue weighted by Crippen LogP contribution is 2.25. The first-order valence-corrected chi connectivity index (χ1v) is 6.72. The lowest BCUT2D eigenvalue weighted by atomic mass is 10.1. The second-order valence-corrected chi connectivity index (χ2v) is 5.16. The summed E-state index contributed by atoms with van der Waals surface area (Å²) in [4.78, 5) is 13.5. The largest absolute Gasteiger partial charge is 0.366 e. The van der Waals surface area contributed by atoms with E-state index in [4.69, 9.17) is 5.73 Å². The second-order valence-electron chi connectivity index (χ2n) is 5.16. The van der Waals surface area contributed by atoms with Crippen LogP contribution in [0.5, 0.6) is 0 Å². The molecule has 21 heavy (non-hydrogen) atoms. The Balaban J connectivity index is 1.88. The van der Waals surface area contributed by atoms with Crippen molar-refractivity contribution in [1.82, 2.24) is 14.9 Å². The van der Waals surface area contributed by atoms with Crippen LogP contribution in [0.2, 0.25) is 0 Å². The molecule has 3 aliphatic heterocycles. The second kappa shape index (κ2) is 4.28. The number of hydrogen-bond donors (Lipinski definition) is 1. The van der Waals surface area contributed by atoms with Crippen LogP contribution in [-0.4, -0.2) is 27.5 Å². The highest BCUT2D eigenvalue weighted by molar-refractivity contribution is 5.95. The number of carbonyl (C=O) groups excluding carboxylic acids is 1. The molecule has 1 aromatic carbocycles. The standard InChI is InChI=1S/C16H14N4O/c17-16(21)14-5-6-15-10-18-7-12-3-1-2-4-13(12)8-19(11-18)20(15)9-14/h1-10H,11H2,(H2,17,21). The maximum absolute atomic E-state index is 11.4. The minimum absolute atomic E-state index is 0.422. The molecule has 0 aromatic heterocycles. The summed E-state index contributed by atoms with van der Waals surface area (Å²) >= 11 is 0. The Hall–Kier alpha value is -2.95. The molecule has 0 aliphatic carbocycles. The Morgan fingerprint density at radius 2 is 1.76 bits per heavy atom. The summed E-state index contributed by atoms with van der Waals surface area (Å²) in [7, 11) is 0. The molecular weight excluding hydrogens is 264 g/mol. The van der Waals surface area contributed by atoms with Gasteiger partial charge in [-0.3, -0.25) is 14.8 Å². The van der Waals surface area contributed by atoms with Crippen molar-refractivity contribution >= 4 is 18.3 Å². The number of hydrogen-bond acceptors (Lipinski definition) is 4. The van der Waals surface area contributed by atoms with Gasteiger partial charge in [0.2, 0.25) is 5.91 Å². The fourth-order valence-corrected chi connectivity index (χ4v) is 2.68. The van der Waals surface area contributed by atoms with Gasteiger partial charge in [0, 0.05) is 30.0 Å². The van der Waals surface area contributed by atoms with Crippen molar-refractivity contribution in [2.24, 2.45) is 5.73 Å². The van der Waals surface area contributed by atoms with E-state index in [0.717, 1.165) is 10.9 Å². The SMILES string of the molecule is NC(=O)C1=CN2C(=CN3C=c4ccccc4=CN2C3)C=C1. The third-order valence-electron chi connectivity index (χ3n) is 3.72. The van der Waals surface area contributed by atoms with Crippen molar-refractivity contribution in [1.29, 1.82) is 0 Å². The van der Waals surface area contributed by atoms with E-state index in [0.29, 0.717) is 12.2 Å². The van der Waals surface area contributed by atoms with E-state index in [2.05, 4.69) is 40.6 Å². The van der Waals surface area contributed by atoms with Gasteiger partial charge in [-0.25, -0.2) is 0 Å². The molecule has 0 saturated carbocycles. The summed E-state index contributed by atoms with van der Waals surface area (Å²) in [6.45, 7) is 0.689. The molecule has 2 bridgehead atoms. The first-order chi connectivity index (χ1) is 10.2. The fourth-order valence-electron chi connectivity index (χ4n) is 2.68. The number of benzene rings is 1. The number of allylic oxidation sites excluding steroid dienone is 1. The Morgan fingerprint density at radius 3 is 2.52 bits per heavy atom. The first-order valence-electron chi connectivity index (χ1n) is 6.72. The fraction of sp³-hybridized carbons (Fsp3) is 0.0625. The molecule has 104 valence electrons. The minimum Gasteiger partial charge on any atom is -0.366 e. The average Bonchev–Trinajstić information content (AvgIpc) is 2.63. The number of nitrogens with two attached hydrogens (primary N) is 1. The zero-order valence-corrected chi connectivity index (χ0v) is 11.3. The van der Waals surface area contributed by atoms with Gasteiger partial charge in [0.1, 0.15) is 6.67 Å². The summed E-state index contributed by atoms with van der Waals surface area (Å²) in [5.74, 6) is -0.422. The van der Waals surface area contributed by atoms with Crippen LogP contribution < -0.4 is 16.2 Å². The van der Waals surface area contributed by atoms with Crippen LogP contribution in [0.25, 0.3) is 12.4 Å². The quantitative estimate of drug-likeness (QED) is 0.769. The molecular formula is C16H14N4O. The maximum atomic E-state index is 11.4. The van der Waals surface area contributed by atoms with E-state index in [1.807, 2.05) is 23.2 Å². The highest BCUT2D eigenvalue weighted by Gasteiger charge is 2.24. The number of primary amides is 1. The van der Waals surface area contributed by atoms with Crippen LogP contribution in [0.4, 0.5) is 0 Å². The van der Waals surface area contributed by atoms with Gasteiger partial charge in [-0.1, -0.05) is 24.3 Å². The van der Waals surface area contributed by atoms with Crippen molar-refractivity contribution in [2.75, 3.05) is 6.67 Å². The van der Waals surface area contributed by atoms with E-state index in [-0.39, 0.29) is 0 Å². The van der Waals surface area contributed by atoms with Gasteiger partial charge in [-0.2, -0.15) is 0 Å². The molecule has 5 nitrogen and oxygen atoms in total. The summed E-state index contributed by atoms with van der Waals surface area (Å²) in [6, 6.07) is 8.21. The number of amides is 1. The highest BCUT2D eigenvalue weighted by atomic mass is 16.1. The Morgan fingerprint density at radius 1 is 1.00 bits per heavy atom. The topological polar surface area (TPSA) is 52.8 Å². The van der Waals surface area contributed by atoms with E-state index >= 15 is 0 Å². The lowest BCUT2D eigenvalue weighted by Gasteiger charge is -2.41. The lowest BCUT2D eigenvalue weighted by Crippen LogP contribution is -2.44.